The van der Waals surface area contributed by atoms with Gasteiger partial charge in [-0.1, -0.05) is 32.0 Å². The summed E-state index contributed by atoms with van der Waals surface area (Å²) in [6.07, 6.45) is 2.54. The molecule has 0 unspecified atom stereocenters. The maximum absolute atomic E-state index is 13.0. The van der Waals surface area contributed by atoms with Crippen LogP contribution >= 0.6 is 0 Å². The molecule has 10 nitrogen and oxygen atoms in total. The number of nitrogens with zero attached hydrogens (tertiary/aromatic N) is 2. The topological polar surface area (TPSA) is 169 Å². The SMILES string of the molecule is CC(C)CC[C@H](NC(=O)[C@@H](N)CC(=O)N(CCN)CCN)C(=O)Nc1cnc2ccccc2c1. The molecule has 0 spiro atoms. The zero-order valence-electron chi connectivity index (χ0n) is 20.0. The number of nitrogens with one attached hydrogen (secondary N) is 2. The molecule has 186 valence electrons. The minimum Gasteiger partial charge on any atom is -0.343 e. The first-order chi connectivity index (χ1) is 16.2. The number of anilines is 1. The Balaban J connectivity index is 2.05. The summed E-state index contributed by atoms with van der Waals surface area (Å²) in [5, 5.41) is 6.45. The van der Waals surface area contributed by atoms with Gasteiger partial charge in [0.15, 0.2) is 0 Å². The number of rotatable bonds is 13. The lowest BCUT2D eigenvalue weighted by molar-refractivity contribution is -0.134. The molecule has 3 amide bonds. The lowest BCUT2D eigenvalue weighted by atomic mass is 10.0. The number of nitrogens with two attached hydrogens (primary N) is 3. The predicted molar refractivity (Wildman–Crippen MR) is 134 cm³/mol. The number of hydrogen-bond donors (Lipinski definition) is 5. The summed E-state index contributed by atoms with van der Waals surface area (Å²) >= 11 is 0. The molecule has 0 saturated carbocycles. The van der Waals surface area contributed by atoms with Gasteiger partial charge < -0.3 is 32.7 Å². The van der Waals surface area contributed by atoms with Crippen molar-refractivity contribution in [2.45, 2.75) is 45.2 Å². The molecular weight excluding hydrogens is 434 g/mol. The van der Waals surface area contributed by atoms with Gasteiger partial charge in [0.05, 0.1) is 29.9 Å². The highest BCUT2D eigenvalue weighted by Gasteiger charge is 2.26. The Morgan fingerprint density at radius 2 is 1.71 bits per heavy atom. The van der Waals surface area contributed by atoms with Crippen molar-refractivity contribution in [1.29, 1.82) is 0 Å². The van der Waals surface area contributed by atoms with Crippen LogP contribution in [0.4, 0.5) is 5.69 Å². The summed E-state index contributed by atoms with van der Waals surface area (Å²) in [5.41, 5.74) is 18.4. The van der Waals surface area contributed by atoms with E-state index in [0.29, 0.717) is 31.1 Å². The number of carbonyl (C=O) groups excluding carboxylic acids is 3. The van der Waals surface area contributed by atoms with Gasteiger partial charge in [0.25, 0.3) is 0 Å². The van der Waals surface area contributed by atoms with E-state index in [1.807, 2.05) is 44.2 Å². The van der Waals surface area contributed by atoms with Crippen LogP contribution in [0.15, 0.2) is 36.5 Å². The van der Waals surface area contributed by atoms with E-state index in [1.165, 1.54) is 4.90 Å². The molecule has 2 rings (SSSR count). The van der Waals surface area contributed by atoms with Gasteiger partial charge >= 0.3 is 0 Å². The molecular formula is C24H37N7O3. The monoisotopic (exact) mass is 471 g/mol. The molecule has 1 aromatic carbocycles. The summed E-state index contributed by atoms with van der Waals surface area (Å²) < 4.78 is 0. The third-order valence-corrected chi connectivity index (χ3v) is 5.41. The molecule has 1 heterocycles. The third-order valence-electron chi connectivity index (χ3n) is 5.41. The third kappa shape index (κ3) is 8.36. The average Bonchev–Trinajstić information content (AvgIpc) is 2.81. The first kappa shape index (κ1) is 27.2. The van der Waals surface area contributed by atoms with Crippen molar-refractivity contribution in [3.05, 3.63) is 36.5 Å². The molecule has 0 aliphatic rings. The van der Waals surface area contributed by atoms with Gasteiger partial charge in [-0.05, 0) is 30.9 Å². The summed E-state index contributed by atoms with van der Waals surface area (Å²) in [5.74, 6) is -0.887. The maximum Gasteiger partial charge on any atom is 0.246 e. The second-order valence-electron chi connectivity index (χ2n) is 8.71. The lowest BCUT2D eigenvalue weighted by Crippen LogP contribution is -2.51. The minimum atomic E-state index is -1.10. The molecule has 2 aromatic rings. The summed E-state index contributed by atoms with van der Waals surface area (Å²) in [6, 6.07) is 7.52. The standard InChI is InChI=1S/C24H37N7O3/c1-16(2)7-8-21(24(34)29-18-13-17-5-3-4-6-20(17)28-15-18)30-23(33)19(27)14-22(32)31(11-9-25)12-10-26/h3-6,13,15-16,19,21H,7-12,14,25-27H2,1-2H3,(H,29,34)(H,30,33)/t19-,21-/m0/s1. The van der Waals surface area contributed by atoms with Crippen LogP contribution in [0.5, 0.6) is 0 Å². The number of benzene rings is 1. The van der Waals surface area contributed by atoms with E-state index in [-0.39, 0.29) is 31.3 Å². The Morgan fingerprint density at radius 1 is 1.03 bits per heavy atom. The minimum absolute atomic E-state index is 0.195. The van der Waals surface area contributed by atoms with Crippen molar-refractivity contribution in [1.82, 2.24) is 15.2 Å². The Kier molecular flexibility index (Phi) is 10.9. The van der Waals surface area contributed by atoms with E-state index >= 15 is 0 Å². The molecule has 8 N–H and O–H groups in total. The summed E-state index contributed by atoms with van der Waals surface area (Å²) in [6.45, 7) is 5.32. The smallest absolute Gasteiger partial charge is 0.246 e. The van der Waals surface area contributed by atoms with Crippen molar-refractivity contribution in [3.63, 3.8) is 0 Å². The van der Waals surface area contributed by atoms with E-state index in [4.69, 9.17) is 17.2 Å². The second kappa shape index (κ2) is 13.6. The Bertz CT molecular complexity index is 960. The fourth-order valence-electron chi connectivity index (χ4n) is 3.50. The fraction of sp³-hybridized carbons (Fsp3) is 0.500. The van der Waals surface area contributed by atoms with Crippen molar-refractivity contribution in [2.24, 2.45) is 23.1 Å². The molecule has 0 bridgehead atoms. The highest BCUT2D eigenvalue weighted by molar-refractivity contribution is 5.99. The first-order valence-corrected chi connectivity index (χ1v) is 11.6. The number of hydrogen-bond acceptors (Lipinski definition) is 7. The number of aromatic nitrogens is 1. The highest BCUT2D eigenvalue weighted by atomic mass is 16.2. The quantitative estimate of drug-likeness (QED) is 0.284. The van der Waals surface area contributed by atoms with Gasteiger partial charge in [-0.3, -0.25) is 19.4 Å². The van der Waals surface area contributed by atoms with Crippen molar-refractivity contribution >= 4 is 34.3 Å². The summed E-state index contributed by atoms with van der Waals surface area (Å²) in [4.78, 5) is 44.1. The van der Waals surface area contributed by atoms with Crippen LogP contribution < -0.4 is 27.8 Å². The van der Waals surface area contributed by atoms with Crippen LogP contribution in [0.1, 0.15) is 33.1 Å². The van der Waals surface area contributed by atoms with E-state index < -0.39 is 18.0 Å². The molecule has 0 fully saturated rings. The average molecular weight is 472 g/mol. The highest BCUT2D eigenvalue weighted by Crippen LogP contribution is 2.17. The van der Waals surface area contributed by atoms with Crippen LogP contribution in [0, 0.1) is 5.92 Å². The molecule has 0 saturated heterocycles. The number of carbonyl (C=O) groups is 3. The van der Waals surface area contributed by atoms with Crippen LogP contribution in [0.2, 0.25) is 0 Å². The molecule has 0 radical (unpaired) electrons. The van der Waals surface area contributed by atoms with E-state index in [9.17, 15) is 14.4 Å². The second-order valence-corrected chi connectivity index (χ2v) is 8.71. The molecule has 0 aliphatic heterocycles. The van der Waals surface area contributed by atoms with Gasteiger partial charge in [0.2, 0.25) is 17.7 Å². The Labute approximate surface area is 200 Å². The largest absolute Gasteiger partial charge is 0.343 e. The molecule has 0 aliphatic carbocycles. The molecule has 10 heteroatoms. The van der Waals surface area contributed by atoms with Gasteiger partial charge in [0.1, 0.15) is 6.04 Å². The first-order valence-electron chi connectivity index (χ1n) is 11.6. The van der Waals surface area contributed by atoms with Gasteiger partial charge in [-0.25, -0.2) is 0 Å². The number of para-hydroxylation sites is 1. The fourth-order valence-corrected chi connectivity index (χ4v) is 3.50. The predicted octanol–water partition coefficient (Wildman–Crippen LogP) is 0.558. The number of fused-ring (bicyclic) bond motifs is 1. The zero-order valence-corrected chi connectivity index (χ0v) is 20.0. The van der Waals surface area contributed by atoms with Gasteiger partial charge in [-0.15, -0.1) is 0 Å². The molecule has 1 aromatic heterocycles. The number of amides is 3. The van der Waals surface area contributed by atoms with Crippen LogP contribution in [0.3, 0.4) is 0 Å². The Hall–Kier alpha value is -3.08. The van der Waals surface area contributed by atoms with Gasteiger partial charge in [-0.2, -0.15) is 0 Å². The zero-order chi connectivity index (χ0) is 25.1. The normalized spacial score (nSPS) is 12.9. The molecule has 34 heavy (non-hydrogen) atoms. The van der Waals surface area contributed by atoms with Crippen LogP contribution in [-0.2, 0) is 14.4 Å². The van der Waals surface area contributed by atoms with Crippen LogP contribution in [-0.4, -0.2) is 65.9 Å². The summed E-state index contributed by atoms with van der Waals surface area (Å²) in [7, 11) is 0. The van der Waals surface area contributed by atoms with E-state index in [1.54, 1.807) is 6.20 Å². The lowest BCUT2D eigenvalue weighted by Gasteiger charge is -2.24. The Morgan fingerprint density at radius 3 is 2.35 bits per heavy atom. The van der Waals surface area contributed by atoms with Crippen molar-refractivity contribution in [3.8, 4) is 0 Å². The molecule has 2 atom stereocenters. The maximum atomic E-state index is 13.0. The van der Waals surface area contributed by atoms with Gasteiger partial charge in [0, 0.05) is 31.6 Å². The van der Waals surface area contributed by atoms with Crippen molar-refractivity contribution in [2.75, 3.05) is 31.5 Å². The van der Waals surface area contributed by atoms with E-state index in [2.05, 4.69) is 15.6 Å². The van der Waals surface area contributed by atoms with E-state index in [0.717, 1.165) is 17.3 Å². The number of pyridine rings is 1. The van der Waals surface area contributed by atoms with Crippen molar-refractivity contribution < 1.29 is 14.4 Å². The van der Waals surface area contributed by atoms with Crippen LogP contribution in [0.25, 0.3) is 10.9 Å².